The largest absolute Gasteiger partial charge is 0.198 e. The second kappa shape index (κ2) is 4.28. The molecule has 0 unspecified atom stereocenters. The molecule has 2 heteroatoms. The van der Waals surface area contributed by atoms with Gasteiger partial charge in [-0.15, -0.1) is 11.8 Å². The van der Waals surface area contributed by atoms with Crippen molar-refractivity contribution >= 4 is 11.8 Å². The second-order valence-corrected chi connectivity index (χ2v) is 5.41. The summed E-state index contributed by atoms with van der Waals surface area (Å²) in [6.45, 7) is 2.15. The molecule has 0 amide bonds. The van der Waals surface area contributed by atoms with Crippen LogP contribution in [0, 0.1) is 23.7 Å². The lowest BCUT2D eigenvalue weighted by Crippen LogP contribution is -2.02. The standard InChI is InChI=1S/C13H15NS/c1-11-4-2-3-5-12(11)15-10-13(6-7-13)8-9-14/h2-5H,6-8,10H2,1H3. The zero-order chi connectivity index (χ0) is 10.7. The van der Waals surface area contributed by atoms with Crippen LogP contribution in [0.2, 0.25) is 0 Å². The van der Waals surface area contributed by atoms with Crippen molar-refractivity contribution in [2.45, 2.75) is 31.1 Å². The number of thioether (sulfide) groups is 1. The topological polar surface area (TPSA) is 23.8 Å². The van der Waals surface area contributed by atoms with E-state index in [9.17, 15) is 0 Å². The third-order valence-corrected chi connectivity index (χ3v) is 4.56. The molecule has 1 nitrogen and oxygen atoms in total. The monoisotopic (exact) mass is 217 g/mol. The van der Waals surface area contributed by atoms with Gasteiger partial charge in [-0.25, -0.2) is 0 Å². The number of hydrogen-bond acceptors (Lipinski definition) is 2. The van der Waals surface area contributed by atoms with Gasteiger partial charge in [0.05, 0.1) is 6.07 Å². The van der Waals surface area contributed by atoms with Crippen LogP contribution in [-0.4, -0.2) is 5.75 Å². The molecule has 2 rings (SSSR count). The minimum atomic E-state index is 0.349. The molecule has 0 bridgehead atoms. The van der Waals surface area contributed by atoms with Gasteiger partial charge in [-0.1, -0.05) is 18.2 Å². The van der Waals surface area contributed by atoms with Gasteiger partial charge in [0.2, 0.25) is 0 Å². The number of nitrogens with zero attached hydrogens (tertiary/aromatic N) is 1. The van der Waals surface area contributed by atoms with Crippen molar-refractivity contribution in [1.82, 2.24) is 0 Å². The van der Waals surface area contributed by atoms with Crippen LogP contribution in [0.5, 0.6) is 0 Å². The summed E-state index contributed by atoms with van der Waals surface area (Å²) >= 11 is 1.91. The summed E-state index contributed by atoms with van der Waals surface area (Å²) in [7, 11) is 0. The van der Waals surface area contributed by atoms with Crippen molar-refractivity contribution in [3.05, 3.63) is 29.8 Å². The predicted molar refractivity (Wildman–Crippen MR) is 63.8 cm³/mol. The molecule has 0 atom stereocenters. The molecule has 0 aromatic heterocycles. The van der Waals surface area contributed by atoms with Gasteiger partial charge in [0.15, 0.2) is 0 Å². The van der Waals surface area contributed by atoms with Crippen molar-refractivity contribution in [2.24, 2.45) is 5.41 Å². The minimum Gasteiger partial charge on any atom is -0.198 e. The van der Waals surface area contributed by atoms with Gasteiger partial charge in [0, 0.05) is 17.1 Å². The third kappa shape index (κ3) is 2.54. The van der Waals surface area contributed by atoms with E-state index < -0.39 is 0 Å². The average molecular weight is 217 g/mol. The molecule has 0 heterocycles. The van der Waals surface area contributed by atoms with E-state index >= 15 is 0 Å². The summed E-state index contributed by atoms with van der Waals surface area (Å²) < 4.78 is 0. The fourth-order valence-electron chi connectivity index (χ4n) is 1.67. The van der Waals surface area contributed by atoms with Gasteiger partial charge >= 0.3 is 0 Å². The van der Waals surface area contributed by atoms with Crippen LogP contribution in [-0.2, 0) is 0 Å². The molecule has 1 aromatic rings. The van der Waals surface area contributed by atoms with Crippen molar-refractivity contribution in [1.29, 1.82) is 5.26 Å². The molecule has 78 valence electrons. The summed E-state index contributed by atoms with van der Waals surface area (Å²) in [5.41, 5.74) is 1.69. The Labute approximate surface area is 95.5 Å². The van der Waals surface area contributed by atoms with E-state index in [1.54, 1.807) is 0 Å². The summed E-state index contributed by atoms with van der Waals surface area (Å²) in [4.78, 5) is 1.36. The van der Waals surface area contributed by atoms with Crippen LogP contribution in [0.3, 0.4) is 0 Å². The molecule has 0 N–H and O–H groups in total. The van der Waals surface area contributed by atoms with Crippen molar-refractivity contribution in [3.63, 3.8) is 0 Å². The lowest BCUT2D eigenvalue weighted by Gasteiger charge is -2.11. The van der Waals surface area contributed by atoms with Crippen LogP contribution in [0.25, 0.3) is 0 Å². The van der Waals surface area contributed by atoms with Gasteiger partial charge in [0.25, 0.3) is 0 Å². The Balaban J connectivity index is 1.94. The number of aryl methyl sites for hydroxylation is 1. The molecule has 0 saturated heterocycles. The van der Waals surface area contributed by atoms with Crippen LogP contribution >= 0.6 is 11.8 Å². The van der Waals surface area contributed by atoms with Crippen molar-refractivity contribution in [2.75, 3.05) is 5.75 Å². The van der Waals surface area contributed by atoms with Gasteiger partial charge < -0.3 is 0 Å². The van der Waals surface area contributed by atoms with Gasteiger partial charge in [-0.2, -0.15) is 5.26 Å². The Morgan fingerprint density at radius 2 is 2.13 bits per heavy atom. The number of rotatable bonds is 4. The molecule has 15 heavy (non-hydrogen) atoms. The van der Waals surface area contributed by atoms with Crippen LogP contribution < -0.4 is 0 Å². The predicted octanol–water partition coefficient (Wildman–Crippen LogP) is 3.78. The highest BCUT2D eigenvalue weighted by atomic mass is 32.2. The van der Waals surface area contributed by atoms with Crippen molar-refractivity contribution in [3.8, 4) is 6.07 Å². The molecular weight excluding hydrogens is 202 g/mol. The van der Waals surface area contributed by atoms with E-state index in [0.717, 1.165) is 12.2 Å². The highest BCUT2D eigenvalue weighted by Gasteiger charge is 2.42. The van der Waals surface area contributed by atoms with E-state index in [-0.39, 0.29) is 0 Å². The highest BCUT2D eigenvalue weighted by Crippen LogP contribution is 2.51. The number of nitriles is 1. The molecule has 0 spiro atoms. The van der Waals surface area contributed by atoms with E-state index in [1.807, 2.05) is 11.8 Å². The molecule has 0 aliphatic heterocycles. The first kappa shape index (κ1) is 10.6. The van der Waals surface area contributed by atoms with Crippen LogP contribution in [0.15, 0.2) is 29.2 Å². The minimum absolute atomic E-state index is 0.349. The van der Waals surface area contributed by atoms with Crippen molar-refractivity contribution < 1.29 is 0 Å². The van der Waals surface area contributed by atoms with E-state index in [1.165, 1.54) is 23.3 Å². The fraction of sp³-hybridized carbons (Fsp3) is 0.462. The lowest BCUT2D eigenvalue weighted by molar-refractivity contribution is 0.604. The Hall–Kier alpha value is -0.940. The normalized spacial score (nSPS) is 17.1. The van der Waals surface area contributed by atoms with Crippen LogP contribution in [0.4, 0.5) is 0 Å². The third-order valence-electron chi connectivity index (χ3n) is 3.04. The first-order valence-electron chi connectivity index (χ1n) is 5.31. The Morgan fingerprint density at radius 3 is 2.73 bits per heavy atom. The zero-order valence-electron chi connectivity index (χ0n) is 8.99. The summed E-state index contributed by atoms with van der Waals surface area (Å²) in [6, 6.07) is 10.8. The molecule has 1 aliphatic carbocycles. The second-order valence-electron chi connectivity index (χ2n) is 4.39. The molecule has 1 fully saturated rings. The first-order chi connectivity index (χ1) is 7.26. The average Bonchev–Trinajstić information content (AvgIpc) is 2.98. The maximum absolute atomic E-state index is 8.73. The Morgan fingerprint density at radius 1 is 1.40 bits per heavy atom. The smallest absolute Gasteiger partial charge is 0.0627 e. The van der Waals surface area contributed by atoms with Crippen LogP contribution in [0.1, 0.15) is 24.8 Å². The first-order valence-corrected chi connectivity index (χ1v) is 6.30. The van der Waals surface area contributed by atoms with E-state index in [4.69, 9.17) is 5.26 Å². The molecule has 1 aliphatic rings. The number of hydrogen-bond donors (Lipinski definition) is 0. The maximum Gasteiger partial charge on any atom is 0.0627 e. The maximum atomic E-state index is 8.73. The summed E-state index contributed by atoms with van der Waals surface area (Å²) in [6.07, 6.45) is 3.20. The zero-order valence-corrected chi connectivity index (χ0v) is 9.81. The summed E-state index contributed by atoms with van der Waals surface area (Å²) in [5, 5.41) is 8.73. The lowest BCUT2D eigenvalue weighted by atomic mass is 10.1. The molecule has 1 aromatic carbocycles. The molecule has 0 radical (unpaired) electrons. The van der Waals surface area contributed by atoms with Gasteiger partial charge in [-0.3, -0.25) is 0 Å². The van der Waals surface area contributed by atoms with Gasteiger partial charge in [0.1, 0.15) is 0 Å². The summed E-state index contributed by atoms with van der Waals surface area (Å²) in [5.74, 6) is 1.10. The van der Waals surface area contributed by atoms with E-state index in [2.05, 4.69) is 37.3 Å². The Bertz CT molecular complexity index is 388. The quantitative estimate of drug-likeness (QED) is 0.717. The van der Waals surface area contributed by atoms with Gasteiger partial charge in [-0.05, 0) is 36.8 Å². The molecule has 1 saturated carbocycles. The SMILES string of the molecule is Cc1ccccc1SCC1(CC#N)CC1. The van der Waals surface area contributed by atoms with E-state index in [0.29, 0.717) is 5.41 Å². The highest BCUT2D eigenvalue weighted by molar-refractivity contribution is 7.99. The number of benzene rings is 1. The fourth-order valence-corrected chi connectivity index (χ4v) is 2.99. The molecular formula is C13H15NS. The Kier molecular flexibility index (Phi) is 3.02.